The Balaban J connectivity index is 2.12. The van der Waals surface area contributed by atoms with E-state index in [2.05, 4.69) is 11.6 Å². The van der Waals surface area contributed by atoms with Gasteiger partial charge in [-0.3, -0.25) is 19.5 Å². The second kappa shape index (κ2) is 6.47. The van der Waals surface area contributed by atoms with Gasteiger partial charge in [0.2, 0.25) is 9.84 Å². The van der Waals surface area contributed by atoms with Crippen LogP contribution < -0.4 is 0 Å². The number of nitrogens with zero attached hydrogens (tertiary/aromatic N) is 2. The average molecular weight is 390 g/mol. The molecule has 1 amide bonds. The average Bonchev–Trinajstić information content (AvgIpc) is 2.61. The second-order valence-electron chi connectivity index (χ2n) is 5.76. The van der Waals surface area contributed by atoms with Gasteiger partial charge >= 0.3 is 11.9 Å². The van der Waals surface area contributed by atoms with Crippen molar-refractivity contribution < 1.29 is 32.6 Å². The molecule has 10 heteroatoms. The van der Waals surface area contributed by atoms with E-state index in [0.717, 1.165) is 6.92 Å². The van der Waals surface area contributed by atoms with Crippen molar-refractivity contribution in [2.24, 2.45) is 0 Å². The summed E-state index contributed by atoms with van der Waals surface area (Å²) >= 11 is 0. The van der Waals surface area contributed by atoms with Crippen LogP contribution in [0.3, 0.4) is 0 Å². The lowest BCUT2D eigenvalue weighted by atomic mass is 10.0. The van der Waals surface area contributed by atoms with Crippen LogP contribution in [-0.4, -0.2) is 53.2 Å². The van der Waals surface area contributed by atoms with Gasteiger partial charge in [0, 0.05) is 18.7 Å². The van der Waals surface area contributed by atoms with Crippen LogP contribution in [0.25, 0.3) is 6.08 Å². The lowest BCUT2D eigenvalue weighted by Gasteiger charge is -2.45. The van der Waals surface area contributed by atoms with Crippen LogP contribution in [0.15, 0.2) is 52.7 Å². The van der Waals surface area contributed by atoms with Gasteiger partial charge in [0.25, 0.3) is 5.91 Å². The van der Waals surface area contributed by atoms with E-state index in [1.807, 2.05) is 0 Å². The van der Waals surface area contributed by atoms with E-state index in [-0.39, 0.29) is 11.1 Å². The van der Waals surface area contributed by atoms with Gasteiger partial charge in [-0.25, -0.2) is 13.2 Å². The lowest BCUT2D eigenvalue weighted by molar-refractivity contribution is -0.142. The number of fused-ring (bicyclic) bond motifs is 1. The quantitative estimate of drug-likeness (QED) is 0.446. The number of aromatic nitrogens is 1. The van der Waals surface area contributed by atoms with Gasteiger partial charge in [0.1, 0.15) is 12.3 Å². The second-order valence-corrected chi connectivity index (χ2v) is 7.79. The first-order valence-corrected chi connectivity index (χ1v) is 9.20. The number of hydrogen-bond acceptors (Lipinski definition) is 7. The monoisotopic (exact) mass is 390 g/mol. The molecule has 0 aliphatic carbocycles. The number of carboxylic acid groups (broad SMARTS) is 1. The van der Waals surface area contributed by atoms with Crippen molar-refractivity contribution in [1.82, 2.24) is 9.88 Å². The number of carbonyl (C=O) groups excluding carboxylic acids is 2. The van der Waals surface area contributed by atoms with Crippen LogP contribution in [0, 0.1) is 0 Å². The highest BCUT2D eigenvalue weighted by molar-refractivity contribution is 7.96. The number of aliphatic carboxylic acids is 1. The summed E-state index contributed by atoms with van der Waals surface area (Å²) in [6.07, 6.45) is 2.77. The van der Waals surface area contributed by atoms with Crippen LogP contribution >= 0.6 is 0 Å². The molecule has 1 aromatic heterocycles. The first kappa shape index (κ1) is 18.5. The van der Waals surface area contributed by atoms with Crippen LogP contribution in [0.4, 0.5) is 0 Å². The third-order valence-electron chi connectivity index (χ3n) is 4.08. The molecular weight excluding hydrogens is 376 g/mol. The molecule has 1 fully saturated rings. The van der Waals surface area contributed by atoms with Gasteiger partial charge in [0.15, 0.2) is 5.37 Å². The molecule has 1 aromatic rings. The zero-order valence-electron chi connectivity index (χ0n) is 14.1. The maximum absolute atomic E-state index is 12.8. The Kier molecular flexibility index (Phi) is 4.44. The van der Waals surface area contributed by atoms with Crippen molar-refractivity contribution in [1.29, 1.82) is 0 Å². The summed E-state index contributed by atoms with van der Waals surface area (Å²) in [6.45, 7) is 3.93. The molecule has 2 aliphatic rings. The predicted octanol–water partition coefficient (Wildman–Crippen LogP) is 0.477. The Morgan fingerprint density at radius 3 is 2.67 bits per heavy atom. The molecule has 1 atom stereocenters. The molecule has 9 nitrogen and oxygen atoms in total. The zero-order valence-corrected chi connectivity index (χ0v) is 14.9. The Bertz CT molecular complexity index is 1040. The number of hydrogen-bond donors (Lipinski definition) is 1. The molecule has 27 heavy (non-hydrogen) atoms. The topological polar surface area (TPSA) is 131 Å². The Morgan fingerprint density at radius 2 is 2.11 bits per heavy atom. The van der Waals surface area contributed by atoms with Crippen LogP contribution in [-0.2, 0) is 29.0 Å². The molecule has 2 aliphatic heterocycles. The molecule has 1 saturated heterocycles. The minimum Gasteiger partial charge on any atom is -0.477 e. The predicted molar refractivity (Wildman–Crippen MR) is 92.2 cm³/mol. The summed E-state index contributed by atoms with van der Waals surface area (Å²) in [4.78, 5) is 39.4. The molecule has 0 bridgehead atoms. The highest BCUT2D eigenvalue weighted by atomic mass is 32.2. The molecule has 1 N–H and O–H groups in total. The van der Waals surface area contributed by atoms with Crippen molar-refractivity contribution in [2.75, 3.05) is 6.61 Å². The third kappa shape index (κ3) is 2.93. The van der Waals surface area contributed by atoms with E-state index in [9.17, 15) is 27.9 Å². The number of pyridine rings is 1. The van der Waals surface area contributed by atoms with Gasteiger partial charge < -0.3 is 9.84 Å². The number of carbonyl (C=O) groups is 3. The van der Waals surface area contributed by atoms with E-state index < -0.39 is 50.3 Å². The Labute approximate surface area is 154 Å². The normalized spacial score (nSPS) is 22.3. The van der Waals surface area contributed by atoms with E-state index >= 15 is 0 Å². The number of carboxylic acids is 1. The van der Waals surface area contributed by atoms with E-state index in [1.54, 1.807) is 18.2 Å². The fourth-order valence-electron chi connectivity index (χ4n) is 2.84. The fourth-order valence-corrected chi connectivity index (χ4v) is 4.59. The Morgan fingerprint density at radius 1 is 1.41 bits per heavy atom. The molecule has 0 radical (unpaired) electrons. The molecule has 0 saturated carbocycles. The maximum Gasteiger partial charge on any atom is 0.353 e. The van der Waals surface area contributed by atoms with Crippen LogP contribution in [0.5, 0.6) is 0 Å². The first-order chi connectivity index (χ1) is 12.7. The minimum atomic E-state index is -4.17. The molecule has 0 spiro atoms. The summed E-state index contributed by atoms with van der Waals surface area (Å²) in [6, 6.07) is 4.89. The standard InChI is InChI=1S/C17H14N2O7S/c1-9-13(8-26-10(2)20)14(17(22)23)19-15(21)12(16(19)27(9,24)25)7-11-5-3-4-6-18-11/h3-7,16H,1,8H2,2H3,(H,22,23)/b12-7-/t16-/m1/s1. The van der Waals surface area contributed by atoms with Gasteiger partial charge in [0.05, 0.1) is 16.2 Å². The van der Waals surface area contributed by atoms with E-state index in [4.69, 9.17) is 4.74 Å². The molecular formula is C17H14N2O7S. The van der Waals surface area contributed by atoms with Crippen molar-refractivity contribution in [2.45, 2.75) is 12.3 Å². The third-order valence-corrected chi connectivity index (χ3v) is 6.07. The SMILES string of the molecule is C=C1C(COC(C)=O)=C(C(=O)O)N2C(=O)/C(=C/c3ccccn3)[C@H]2S1(=O)=O. The van der Waals surface area contributed by atoms with E-state index in [0.29, 0.717) is 10.6 Å². The van der Waals surface area contributed by atoms with E-state index in [1.165, 1.54) is 12.3 Å². The molecule has 0 unspecified atom stereocenters. The van der Waals surface area contributed by atoms with Crippen molar-refractivity contribution >= 4 is 33.8 Å². The highest BCUT2D eigenvalue weighted by Crippen LogP contribution is 2.44. The van der Waals surface area contributed by atoms with Crippen molar-refractivity contribution in [3.8, 4) is 0 Å². The zero-order chi connectivity index (χ0) is 19.9. The van der Waals surface area contributed by atoms with Gasteiger partial charge in [-0.2, -0.15) is 0 Å². The Hall–Kier alpha value is -3.27. The van der Waals surface area contributed by atoms with Gasteiger partial charge in [-0.1, -0.05) is 12.6 Å². The molecule has 3 rings (SSSR count). The van der Waals surface area contributed by atoms with Gasteiger partial charge in [-0.15, -0.1) is 0 Å². The molecule has 3 heterocycles. The van der Waals surface area contributed by atoms with Gasteiger partial charge in [-0.05, 0) is 18.2 Å². The highest BCUT2D eigenvalue weighted by Gasteiger charge is 2.58. The molecule has 140 valence electrons. The van der Waals surface area contributed by atoms with Crippen molar-refractivity contribution in [3.63, 3.8) is 0 Å². The fraction of sp³-hybridized carbons (Fsp3) is 0.176. The lowest BCUT2D eigenvalue weighted by Crippen LogP contribution is -2.61. The number of ether oxygens (including phenoxy) is 1. The van der Waals surface area contributed by atoms with Crippen LogP contribution in [0.1, 0.15) is 12.6 Å². The summed E-state index contributed by atoms with van der Waals surface area (Å²) in [5, 5.41) is 8.01. The number of esters is 1. The smallest absolute Gasteiger partial charge is 0.353 e. The number of β-lactam (4-membered cyclic amide) rings is 1. The summed E-state index contributed by atoms with van der Waals surface area (Å²) in [5.41, 5.74) is -0.656. The molecule has 0 aromatic carbocycles. The summed E-state index contributed by atoms with van der Waals surface area (Å²) in [7, 11) is -4.17. The largest absolute Gasteiger partial charge is 0.477 e. The summed E-state index contributed by atoms with van der Waals surface area (Å²) < 4.78 is 30.4. The van der Waals surface area contributed by atoms with Crippen LogP contribution in [0.2, 0.25) is 0 Å². The minimum absolute atomic E-state index is 0.111. The maximum atomic E-state index is 12.8. The first-order valence-electron chi connectivity index (χ1n) is 7.65. The number of rotatable bonds is 4. The summed E-state index contributed by atoms with van der Waals surface area (Å²) in [5.74, 6) is -3.03. The van der Waals surface area contributed by atoms with Crippen molar-refractivity contribution in [3.05, 3.63) is 58.4 Å². The number of sulfone groups is 1. The number of amides is 1.